The standard InChI is InChI=1S/C25H32F3N5O2/c26-25(27,28)18-1-2-19(30-14-18)32-5-7-33(8-6-32)24(3-4-24)22(35)31-20-16-9-15-10-17(20)13-23(11-15,12-16)21(29)34/h1-2,14-17,20H,3-13H2,(H2,29,34)(H,31,35)/t15?,16-,17+,20?,23?. The Kier molecular flexibility index (Phi) is 5.15. The fourth-order valence-electron chi connectivity index (χ4n) is 7.76. The first kappa shape index (κ1) is 23.1. The molecule has 35 heavy (non-hydrogen) atoms. The second kappa shape index (κ2) is 7.82. The Bertz CT molecular complexity index is 1000. The Morgan fingerprint density at radius 1 is 1.03 bits per heavy atom. The predicted molar refractivity (Wildman–Crippen MR) is 122 cm³/mol. The molecule has 4 bridgehead atoms. The lowest BCUT2D eigenvalue weighted by atomic mass is 9.47. The van der Waals surface area contributed by atoms with Gasteiger partial charge in [0.15, 0.2) is 0 Å². The van der Waals surface area contributed by atoms with Gasteiger partial charge in [-0.3, -0.25) is 14.5 Å². The summed E-state index contributed by atoms with van der Waals surface area (Å²) in [6.45, 7) is 2.57. The summed E-state index contributed by atoms with van der Waals surface area (Å²) in [5.74, 6) is 1.68. The highest BCUT2D eigenvalue weighted by Gasteiger charge is 2.60. The molecule has 0 spiro atoms. The summed E-state index contributed by atoms with van der Waals surface area (Å²) in [7, 11) is 0. The molecule has 3 unspecified atom stereocenters. The van der Waals surface area contributed by atoms with Crippen molar-refractivity contribution in [2.45, 2.75) is 62.7 Å². The highest BCUT2D eigenvalue weighted by molar-refractivity contribution is 5.90. The van der Waals surface area contributed by atoms with E-state index in [4.69, 9.17) is 5.73 Å². The summed E-state index contributed by atoms with van der Waals surface area (Å²) in [5, 5.41) is 3.42. The Balaban J connectivity index is 1.08. The number of hydrogen-bond acceptors (Lipinski definition) is 5. The summed E-state index contributed by atoms with van der Waals surface area (Å²) < 4.78 is 38.5. The van der Waals surface area contributed by atoms with Crippen LogP contribution in [0.2, 0.25) is 0 Å². The van der Waals surface area contributed by atoms with Gasteiger partial charge in [-0.2, -0.15) is 13.2 Å². The van der Waals surface area contributed by atoms with Crippen LogP contribution in [0.4, 0.5) is 19.0 Å². The van der Waals surface area contributed by atoms with Crippen LogP contribution in [0.3, 0.4) is 0 Å². The van der Waals surface area contributed by atoms with Gasteiger partial charge in [0, 0.05) is 43.8 Å². The molecule has 2 heterocycles. The first-order valence-corrected chi connectivity index (χ1v) is 12.7. The number of carbonyl (C=O) groups is 2. The predicted octanol–water partition coefficient (Wildman–Crippen LogP) is 2.55. The SMILES string of the molecule is NC(=O)C12CC3C[C@H](C1)C(NC(=O)C1(N4CCN(c5ccc(C(F)(F)F)cn5)CC4)CC1)[C@@H](C3)C2. The molecule has 0 radical (unpaired) electrons. The quantitative estimate of drug-likeness (QED) is 0.661. The van der Waals surface area contributed by atoms with Crippen molar-refractivity contribution in [3.05, 3.63) is 23.9 Å². The molecule has 190 valence electrons. The van der Waals surface area contributed by atoms with E-state index in [1.807, 2.05) is 4.90 Å². The summed E-state index contributed by atoms with van der Waals surface area (Å²) in [6.07, 6.45) is 2.79. The van der Waals surface area contributed by atoms with E-state index >= 15 is 0 Å². The molecule has 0 aromatic carbocycles. The van der Waals surface area contributed by atoms with Crippen LogP contribution < -0.4 is 16.0 Å². The van der Waals surface area contributed by atoms with Gasteiger partial charge in [0.2, 0.25) is 11.8 Å². The lowest BCUT2D eigenvalue weighted by Gasteiger charge is -2.59. The van der Waals surface area contributed by atoms with E-state index in [9.17, 15) is 22.8 Å². The average Bonchev–Trinajstić information content (AvgIpc) is 3.63. The molecule has 1 aromatic rings. The van der Waals surface area contributed by atoms with E-state index < -0.39 is 17.3 Å². The number of anilines is 1. The van der Waals surface area contributed by atoms with Crippen LogP contribution in [-0.2, 0) is 15.8 Å². The van der Waals surface area contributed by atoms with E-state index in [-0.39, 0.29) is 23.3 Å². The van der Waals surface area contributed by atoms with Crippen molar-refractivity contribution in [3.8, 4) is 0 Å². The number of hydrogen-bond donors (Lipinski definition) is 2. The number of aromatic nitrogens is 1. The number of alkyl halides is 3. The first-order valence-electron chi connectivity index (χ1n) is 12.7. The van der Waals surface area contributed by atoms with Crippen LogP contribution >= 0.6 is 0 Å². The van der Waals surface area contributed by atoms with Crippen molar-refractivity contribution in [2.24, 2.45) is 28.9 Å². The Morgan fingerprint density at radius 3 is 2.20 bits per heavy atom. The van der Waals surface area contributed by atoms with E-state index in [1.54, 1.807) is 0 Å². The highest BCUT2D eigenvalue weighted by Crippen LogP contribution is 2.60. The van der Waals surface area contributed by atoms with Crippen molar-refractivity contribution in [1.29, 1.82) is 0 Å². The van der Waals surface area contributed by atoms with Crippen molar-refractivity contribution >= 4 is 17.6 Å². The van der Waals surface area contributed by atoms with Gasteiger partial charge < -0.3 is 16.0 Å². The van der Waals surface area contributed by atoms with Crippen LogP contribution in [0, 0.1) is 23.2 Å². The summed E-state index contributed by atoms with van der Waals surface area (Å²) in [6, 6.07) is 2.61. The van der Waals surface area contributed by atoms with Gasteiger partial charge in [0.05, 0.1) is 5.56 Å². The monoisotopic (exact) mass is 491 g/mol. The Labute approximate surface area is 202 Å². The molecule has 5 aliphatic carbocycles. The van der Waals surface area contributed by atoms with E-state index in [2.05, 4.69) is 15.2 Å². The van der Waals surface area contributed by atoms with Crippen molar-refractivity contribution in [3.63, 3.8) is 0 Å². The zero-order valence-corrected chi connectivity index (χ0v) is 19.7. The van der Waals surface area contributed by atoms with Crippen molar-refractivity contribution in [1.82, 2.24) is 15.2 Å². The van der Waals surface area contributed by atoms with Crippen LogP contribution in [0.1, 0.15) is 50.5 Å². The summed E-state index contributed by atoms with van der Waals surface area (Å²) in [4.78, 5) is 34.0. The van der Waals surface area contributed by atoms with Crippen molar-refractivity contribution < 1.29 is 22.8 Å². The average molecular weight is 492 g/mol. The summed E-state index contributed by atoms with van der Waals surface area (Å²) in [5.41, 5.74) is 4.21. The molecule has 10 heteroatoms. The first-order chi connectivity index (χ1) is 16.6. The Hall–Kier alpha value is -2.36. The molecule has 1 aromatic heterocycles. The molecule has 7 nitrogen and oxygen atoms in total. The Morgan fingerprint density at radius 2 is 1.69 bits per heavy atom. The number of rotatable bonds is 5. The fraction of sp³-hybridized carbons (Fsp3) is 0.720. The lowest BCUT2D eigenvalue weighted by Crippen LogP contribution is -2.64. The third-order valence-electron chi connectivity index (χ3n) is 9.52. The molecule has 5 saturated carbocycles. The van der Waals surface area contributed by atoms with E-state index in [0.717, 1.165) is 57.2 Å². The second-order valence-electron chi connectivity index (χ2n) is 11.5. The summed E-state index contributed by atoms with van der Waals surface area (Å²) >= 11 is 0. The number of pyridine rings is 1. The topological polar surface area (TPSA) is 91.6 Å². The van der Waals surface area contributed by atoms with E-state index in [1.165, 1.54) is 6.07 Å². The molecule has 1 saturated heterocycles. The molecule has 2 amide bonds. The number of piperazine rings is 1. The minimum Gasteiger partial charge on any atom is -0.369 e. The zero-order valence-electron chi connectivity index (χ0n) is 19.7. The molecule has 6 fully saturated rings. The molecular weight excluding hydrogens is 459 g/mol. The van der Waals surface area contributed by atoms with Gasteiger partial charge >= 0.3 is 6.18 Å². The molecule has 7 rings (SSSR count). The molecule has 1 aliphatic heterocycles. The van der Waals surface area contributed by atoms with Gasteiger partial charge in [-0.1, -0.05) is 0 Å². The maximum absolute atomic E-state index is 13.5. The zero-order chi connectivity index (χ0) is 24.6. The number of nitrogens with zero attached hydrogens (tertiary/aromatic N) is 3. The molecular formula is C25H32F3N5O2. The van der Waals surface area contributed by atoms with Crippen LogP contribution in [0.15, 0.2) is 18.3 Å². The number of halogens is 3. The van der Waals surface area contributed by atoms with Crippen LogP contribution in [-0.4, -0.2) is 59.5 Å². The second-order valence-corrected chi connectivity index (χ2v) is 11.5. The number of primary amides is 1. The fourth-order valence-corrected chi connectivity index (χ4v) is 7.76. The third kappa shape index (κ3) is 3.79. The number of nitrogens with two attached hydrogens (primary N) is 1. The van der Waals surface area contributed by atoms with Crippen molar-refractivity contribution in [2.75, 3.05) is 31.1 Å². The molecule has 6 aliphatic rings. The smallest absolute Gasteiger partial charge is 0.369 e. The van der Waals surface area contributed by atoms with Gasteiger partial charge in [0.1, 0.15) is 11.4 Å². The number of carbonyl (C=O) groups excluding carboxylic acids is 2. The van der Waals surface area contributed by atoms with Gasteiger partial charge in [-0.05, 0) is 74.8 Å². The third-order valence-corrected chi connectivity index (χ3v) is 9.52. The minimum absolute atomic E-state index is 0.101. The number of nitrogens with one attached hydrogen (secondary N) is 1. The van der Waals surface area contributed by atoms with Gasteiger partial charge in [0.25, 0.3) is 0 Å². The number of amides is 2. The molecule has 3 N–H and O–H groups in total. The molecule has 5 atom stereocenters. The van der Waals surface area contributed by atoms with Crippen LogP contribution in [0.5, 0.6) is 0 Å². The van der Waals surface area contributed by atoms with Gasteiger partial charge in [-0.25, -0.2) is 4.98 Å². The maximum atomic E-state index is 13.5. The van der Waals surface area contributed by atoms with Crippen LogP contribution in [0.25, 0.3) is 0 Å². The normalized spacial score (nSPS) is 35.7. The maximum Gasteiger partial charge on any atom is 0.417 e. The minimum atomic E-state index is -4.40. The lowest BCUT2D eigenvalue weighted by molar-refractivity contribution is -0.148. The highest BCUT2D eigenvalue weighted by atomic mass is 19.4. The largest absolute Gasteiger partial charge is 0.417 e. The van der Waals surface area contributed by atoms with Gasteiger partial charge in [-0.15, -0.1) is 0 Å². The van der Waals surface area contributed by atoms with E-state index in [0.29, 0.717) is 49.8 Å².